The number of aromatic nitrogens is 4. The van der Waals surface area contributed by atoms with Crippen molar-refractivity contribution in [3.8, 4) is 28.3 Å². The van der Waals surface area contributed by atoms with Gasteiger partial charge in [0.2, 0.25) is 0 Å². The Bertz CT molecular complexity index is 2470. The molecule has 0 saturated heterocycles. The molecule has 0 N–H and O–H groups in total. The van der Waals surface area contributed by atoms with Crippen LogP contribution in [-0.2, 0) is 20.1 Å². The van der Waals surface area contributed by atoms with Crippen molar-refractivity contribution in [1.82, 2.24) is 19.5 Å². The van der Waals surface area contributed by atoms with E-state index in [1.165, 1.54) is 5.19 Å². The zero-order valence-electron chi connectivity index (χ0n) is 30.4. The number of benzene rings is 4. The Morgan fingerprint density at radius 1 is 0.800 bits per heavy atom. The summed E-state index contributed by atoms with van der Waals surface area (Å²) in [6.07, 6.45) is 1.98. The van der Waals surface area contributed by atoms with Crippen molar-refractivity contribution in [2.75, 3.05) is 0 Å². The average Bonchev–Trinajstić information content (AvgIpc) is 3.66. The molecule has 0 aliphatic heterocycles. The molecule has 7 heteroatoms. The summed E-state index contributed by atoms with van der Waals surface area (Å²) in [5, 5.41) is 3.44. The molecule has 0 amide bonds. The molecule has 0 aliphatic rings. The topological polar surface area (TPSA) is 56.7 Å². The molecule has 8 aromatic rings. The van der Waals surface area contributed by atoms with Gasteiger partial charge in [0.25, 0.3) is 0 Å². The van der Waals surface area contributed by atoms with Gasteiger partial charge in [-0.1, -0.05) is 86.4 Å². The molecule has 50 heavy (non-hydrogen) atoms. The van der Waals surface area contributed by atoms with Crippen molar-refractivity contribution in [2.24, 2.45) is 0 Å². The largest absolute Gasteiger partial charge is 0.501 e. The number of imidazole rings is 1. The molecular formula is C43H40IrN4OSi-2. The fraction of sp³-hybridized carbons (Fsp3) is 0.186. The molecule has 1 radical (unpaired) electrons. The van der Waals surface area contributed by atoms with Gasteiger partial charge in [0.05, 0.1) is 30.5 Å². The number of furan rings is 1. The third-order valence-electron chi connectivity index (χ3n) is 8.68. The van der Waals surface area contributed by atoms with Crippen LogP contribution in [0.5, 0.6) is 0 Å². The van der Waals surface area contributed by atoms with Crippen LogP contribution >= 0.6 is 0 Å². The Morgan fingerprint density at radius 3 is 2.24 bits per heavy atom. The molecule has 4 heterocycles. The van der Waals surface area contributed by atoms with Crippen LogP contribution < -0.4 is 5.19 Å². The van der Waals surface area contributed by atoms with Crippen molar-refractivity contribution < 1.29 is 25.9 Å². The number of nitrogens with zero attached hydrogens (tertiary/aromatic N) is 4. The van der Waals surface area contributed by atoms with Gasteiger partial charge in [-0.2, -0.15) is 0 Å². The van der Waals surface area contributed by atoms with E-state index in [0.717, 1.165) is 78.3 Å². The molecule has 0 aliphatic carbocycles. The molecule has 0 saturated carbocycles. The van der Waals surface area contributed by atoms with Crippen molar-refractivity contribution in [2.45, 2.75) is 53.2 Å². The zero-order valence-corrected chi connectivity index (χ0v) is 32.8. The summed E-state index contributed by atoms with van der Waals surface area (Å²) < 4.78 is 16.9. The standard InChI is InChI=1S/C26H18N3O.C17H22NSi.Ir/c1-16-14-18(15-17(2)27-16)29-23-12-5-4-11-22(23)28-26(29)21-10-7-9-20-19-8-3-6-13-24(19)30-25(20)21;1-13(2)15-11-16(14-9-7-6-8-10-14)18-12-17(15)19(3,4)5;/h3-9,11-15H,1-2H3;6-9,11-13H,1-5H3;/q2*-1;/i;13D;. The average molecular weight is 850 g/mol. The van der Waals surface area contributed by atoms with Crippen LogP contribution in [0, 0.1) is 26.0 Å². The van der Waals surface area contributed by atoms with Crippen molar-refractivity contribution in [3.05, 3.63) is 138 Å². The Hall–Kier alpha value is -4.68. The van der Waals surface area contributed by atoms with Gasteiger partial charge >= 0.3 is 0 Å². The van der Waals surface area contributed by atoms with Gasteiger partial charge in [-0.15, -0.1) is 54.1 Å². The first-order chi connectivity index (χ1) is 23.9. The van der Waals surface area contributed by atoms with E-state index < -0.39 is 14.0 Å². The summed E-state index contributed by atoms with van der Waals surface area (Å²) in [5.41, 5.74) is 10.5. The number of aryl methyl sites for hydroxylation is 2. The molecule has 0 atom stereocenters. The maximum Gasteiger partial charge on any atom is 0.120 e. The number of fused-ring (bicyclic) bond motifs is 4. The molecule has 0 unspecified atom stereocenters. The smallest absolute Gasteiger partial charge is 0.120 e. The van der Waals surface area contributed by atoms with E-state index in [1.54, 1.807) is 0 Å². The first-order valence-corrected chi connectivity index (χ1v) is 20.1. The van der Waals surface area contributed by atoms with Crippen LogP contribution in [0.15, 0.2) is 114 Å². The summed E-state index contributed by atoms with van der Waals surface area (Å²) in [6.45, 7) is 14.8. The van der Waals surface area contributed by atoms with E-state index in [-0.39, 0.29) is 20.1 Å². The SMILES string of the molecule is Cc1cc(-n2c(-c3[c-]ccc4c3oc3ccccc34)nc3ccccc32)cc(C)n1.[2H]C(C)(C)c1cc(-c2[c-]cccc2)ncc1[Si](C)(C)C.[Ir]. The molecule has 4 aromatic heterocycles. The maximum atomic E-state index is 8.44. The van der Waals surface area contributed by atoms with E-state index >= 15 is 0 Å². The zero-order chi connectivity index (χ0) is 35.2. The van der Waals surface area contributed by atoms with Crippen LogP contribution in [0.2, 0.25) is 19.6 Å². The van der Waals surface area contributed by atoms with E-state index in [1.807, 2.05) is 101 Å². The number of hydrogen-bond donors (Lipinski definition) is 0. The molecular weight excluding hydrogens is 809 g/mol. The third kappa shape index (κ3) is 6.86. The van der Waals surface area contributed by atoms with Crippen molar-refractivity contribution >= 4 is 46.2 Å². The Labute approximate surface area is 310 Å². The molecule has 253 valence electrons. The van der Waals surface area contributed by atoms with Crippen LogP contribution in [0.4, 0.5) is 0 Å². The predicted octanol–water partition coefficient (Wildman–Crippen LogP) is 10.6. The van der Waals surface area contributed by atoms with Gasteiger partial charge in [0.15, 0.2) is 0 Å². The fourth-order valence-electron chi connectivity index (χ4n) is 6.42. The second-order valence-electron chi connectivity index (χ2n) is 13.7. The summed E-state index contributed by atoms with van der Waals surface area (Å²) in [7, 11) is -1.50. The summed E-state index contributed by atoms with van der Waals surface area (Å²) in [4.78, 5) is 14.1. The normalized spacial score (nSPS) is 12.0. The molecule has 5 nitrogen and oxygen atoms in total. The third-order valence-corrected chi connectivity index (χ3v) is 10.7. The number of hydrogen-bond acceptors (Lipinski definition) is 4. The summed E-state index contributed by atoms with van der Waals surface area (Å²) in [5.74, 6) is 0.202. The van der Waals surface area contributed by atoms with Gasteiger partial charge in [-0.05, 0) is 61.0 Å². The van der Waals surface area contributed by atoms with Crippen molar-refractivity contribution in [3.63, 3.8) is 0 Å². The van der Waals surface area contributed by atoms with Gasteiger partial charge in [0, 0.05) is 50.1 Å². The monoisotopic (exact) mass is 850 g/mol. The van der Waals surface area contributed by atoms with E-state index in [0.29, 0.717) is 0 Å². The van der Waals surface area contributed by atoms with Gasteiger partial charge in [-0.25, -0.2) is 0 Å². The van der Waals surface area contributed by atoms with Crippen LogP contribution in [-0.4, -0.2) is 27.6 Å². The maximum absolute atomic E-state index is 8.44. The Kier molecular flexibility index (Phi) is 9.65. The first kappa shape index (κ1) is 33.8. The second-order valence-corrected chi connectivity index (χ2v) is 18.7. The Morgan fingerprint density at radius 2 is 1.52 bits per heavy atom. The first-order valence-electron chi connectivity index (χ1n) is 17.1. The number of pyridine rings is 2. The Balaban J connectivity index is 0.000000188. The fourth-order valence-corrected chi connectivity index (χ4v) is 8.00. The minimum atomic E-state index is -1.50. The number of para-hydroxylation sites is 3. The molecule has 0 bridgehead atoms. The van der Waals surface area contributed by atoms with Crippen LogP contribution in [0.25, 0.3) is 61.3 Å². The minimum Gasteiger partial charge on any atom is -0.501 e. The number of rotatable bonds is 5. The van der Waals surface area contributed by atoms with Crippen LogP contribution in [0.1, 0.15) is 38.1 Å². The summed E-state index contributed by atoms with van der Waals surface area (Å²) in [6, 6.07) is 41.0. The van der Waals surface area contributed by atoms with E-state index in [4.69, 9.17) is 10.8 Å². The van der Waals surface area contributed by atoms with Gasteiger partial charge in [-0.3, -0.25) is 9.97 Å². The van der Waals surface area contributed by atoms with Gasteiger partial charge < -0.3 is 14.0 Å². The van der Waals surface area contributed by atoms with Crippen molar-refractivity contribution in [1.29, 1.82) is 0 Å². The van der Waals surface area contributed by atoms with Crippen LogP contribution in [0.3, 0.4) is 0 Å². The molecule has 0 fully saturated rings. The molecule has 0 spiro atoms. The summed E-state index contributed by atoms with van der Waals surface area (Å²) >= 11 is 0. The quantitative estimate of drug-likeness (QED) is 0.128. The predicted molar refractivity (Wildman–Crippen MR) is 205 cm³/mol. The second kappa shape index (κ2) is 14.3. The minimum absolute atomic E-state index is 0. The van der Waals surface area contributed by atoms with E-state index in [2.05, 4.69) is 82.7 Å². The van der Waals surface area contributed by atoms with E-state index in [9.17, 15) is 0 Å². The molecule has 8 rings (SSSR count). The molecule has 4 aromatic carbocycles. The van der Waals surface area contributed by atoms with Gasteiger partial charge in [0.1, 0.15) is 5.58 Å².